The Bertz CT molecular complexity index is 655. The molecule has 0 aliphatic carbocycles. The fraction of sp³-hybridized carbons (Fsp3) is 0.500. The second-order valence-corrected chi connectivity index (χ2v) is 7.23. The van der Waals surface area contributed by atoms with E-state index >= 15 is 0 Å². The van der Waals surface area contributed by atoms with E-state index in [1.165, 1.54) is 13.1 Å². The fourth-order valence-corrected chi connectivity index (χ4v) is 2.28. The maximum Gasteiger partial charge on any atom is 0.387 e. The van der Waals surface area contributed by atoms with Crippen molar-refractivity contribution in [2.24, 2.45) is 4.99 Å². The van der Waals surface area contributed by atoms with E-state index in [4.69, 9.17) is 0 Å². The molecule has 0 radical (unpaired) electrons. The van der Waals surface area contributed by atoms with Gasteiger partial charge in [0, 0.05) is 32.0 Å². The number of sulfone groups is 1. The molecule has 138 valence electrons. The van der Waals surface area contributed by atoms with Crippen LogP contribution in [0.25, 0.3) is 0 Å². The van der Waals surface area contributed by atoms with Crippen LogP contribution in [0.15, 0.2) is 23.2 Å². The van der Waals surface area contributed by atoms with E-state index < -0.39 is 16.4 Å². The fourth-order valence-electron chi connectivity index (χ4n) is 1.81. The molecule has 0 bridgehead atoms. The Morgan fingerprint density at radius 2 is 2.00 bits per heavy atom. The van der Waals surface area contributed by atoms with E-state index in [1.807, 2.05) is 6.92 Å². The third-order valence-corrected chi connectivity index (χ3v) is 3.81. The lowest BCUT2D eigenvalue weighted by molar-refractivity contribution is -0.0504. The van der Waals surface area contributed by atoms with Crippen molar-refractivity contribution in [3.63, 3.8) is 0 Å². The van der Waals surface area contributed by atoms with E-state index in [0.717, 1.165) is 11.8 Å². The quantitative estimate of drug-likeness (QED) is 0.357. The summed E-state index contributed by atoms with van der Waals surface area (Å²) in [6.45, 7) is -0.646. The first-order valence-corrected chi connectivity index (χ1v) is 8.94. The lowest BCUT2D eigenvalue weighted by Crippen LogP contribution is -2.39. The van der Waals surface area contributed by atoms with Crippen LogP contribution < -0.4 is 15.4 Å². The van der Waals surface area contributed by atoms with Crippen molar-refractivity contribution >= 4 is 39.8 Å². The number of nitrogens with zero attached hydrogens (tertiary/aromatic N) is 1. The molecule has 0 unspecified atom stereocenters. The molecular weight excluding hydrogens is 455 g/mol. The number of hydrogen-bond acceptors (Lipinski definition) is 4. The number of benzene rings is 1. The Hall–Kier alpha value is -1.17. The predicted octanol–water partition coefficient (Wildman–Crippen LogP) is 1.92. The molecule has 1 rings (SSSR count). The Kier molecular flexibility index (Phi) is 10.1. The van der Waals surface area contributed by atoms with Crippen LogP contribution in [0.1, 0.15) is 11.1 Å². The average Bonchev–Trinajstić information content (AvgIpc) is 2.43. The summed E-state index contributed by atoms with van der Waals surface area (Å²) >= 11 is 0. The van der Waals surface area contributed by atoms with Crippen LogP contribution in [0.3, 0.4) is 0 Å². The smallest absolute Gasteiger partial charge is 0.387 e. The average molecular weight is 477 g/mol. The van der Waals surface area contributed by atoms with Crippen molar-refractivity contribution in [2.45, 2.75) is 20.1 Å². The van der Waals surface area contributed by atoms with Gasteiger partial charge < -0.3 is 15.4 Å². The summed E-state index contributed by atoms with van der Waals surface area (Å²) in [7, 11) is -1.54. The van der Waals surface area contributed by atoms with Crippen LogP contribution in [0.5, 0.6) is 5.75 Å². The minimum Gasteiger partial charge on any atom is -0.434 e. The van der Waals surface area contributed by atoms with Crippen molar-refractivity contribution in [1.29, 1.82) is 0 Å². The van der Waals surface area contributed by atoms with Crippen LogP contribution in [0.2, 0.25) is 0 Å². The molecule has 6 nitrogen and oxygen atoms in total. The molecule has 0 fully saturated rings. The lowest BCUT2D eigenvalue weighted by atomic mass is 10.1. The Balaban J connectivity index is 0.00000529. The van der Waals surface area contributed by atoms with Gasteiger partial charge in [0.25, 0.3) is 0 Å². The van der Waals surface area contributed by atoms with E-state index in [-0.39, 0.29) is 48.6 Å². The first kappa shape index (κ1) is 22.8. The van der Waals surface area contributed by atoms with Gasteiger partial charge in [-0.3, -0.25) is 4.99 Å². The molecule has 0 saturated carbocycles. The van der Waals surface area contributed by atoms with Gasteiger partial charge in [0.2, 0.25) is 0 Å². The van der Waals surface area contributed by atoms with Crippen LogP contribution in [-0.2, 0) is 16.4 Å². The van der Waals surface area contributed by atoms with Crippen LogP contribution >= 0.6 is 24.0 Å². The highest BCUT2D eigenvalue weighted by atomic mass is 127. The molecule has 0 aliphatic rings. The summed E-state index contributed by atoms with van der Waals surface area (Å²) in [6.07, 6.45) is 1.14. The molecule has 0 amide bonds. The van der Waals surface area contributed by atoms with E-state index in [2.05, 4.69) is 20.4 Å². The van der Waals surface area contributed by atoms with Gasteiger partial charge in [-0.05, 0) is 13.0 Å². The van der Waals surface area contributed by atoms with Gasteiger partial charge in [0.1, 0.15) is 15.6 Å². The third-order valence-electron chi connectivity index (χ3n) is 2.87. The van der Waals surface area contributed by atoms with Crippen molar-refractivity contribution in [3.8, 4) is 5.75 Å². The molecule has 10 heteroatoms. The molecule has 0 saturated heterocycles. The van der Waals surface area contributed by atoms with Crippen LogP contribution in [0.4, 0.5) is 8.78 Å². The zero-order chi connectivity index (χ0) is 17.5. The van der Waals surface area contributed by atoms with E-state index in [9.17, 15) is 17.2 Å². The third kappa shape index (κ3) is 9.21. The van der Waals surface area contributed by atoms with Crippen molar-refractivity contribution in [1.82, 2.24) is 10.6 Å². The maximum atomic E-state index is 12.4. The van der Waals surface area contributed by atoms with Crippen molar-refractivity contribution in [2.75, 3.05) is 25.6 Å². The second kappa shape index (κ2) is 10.6. The molecular formula is C14H22F2IN3O3S. The lowest BCUT2D eigenvalue weighted by Gasteiger charge is -2.15. The second-order valence-electron chi connectivity index (χ2n) is 4.97. The Morgan fingerprint density at radius 3 is 2.54 bits per heavy atom. The molecule has 1 aromatic rings. The zero-order valence-electron chi connectivity index (χ0n) is 13.7. The first-order chi connectivity index (χ1) is 10.7. The highest BCUT2D eigenvalue weighted by molar-refractivity contribution is 14.0. The van der Waals surface area contributed by atoms with E-state index in [1.54, 1.807) is 12.1 Å². The number of aryl methyl sites for hydroxylation is 1. The maximum absolute atomic E-state index is 12.4. The molecule has 1 aromatic carbocycles. The highest BCUT2D eigenvalue weighted by Gasteiger charge is 2.10. The zero-order valence-corrected chi connectivity index (χ0v) is 16.8. The topological polar surface area (TPSA) is 79.8 Å². The van der Waals surface area contributed by atoms with Crippen molar-refractivity contribution < 1.29 is 21.9 Å². The van der Waals surface area contributed by atoms with Gasteiger partial charge in [0.05, 0.1) is 5.75 Å². The number of alkyl halides is 2. The normalized spacial score (nSPS) is 11.8. The Morgan fingerprint density at radius 1 is 1.33 bits per heavy atom. The number of aliphatic imine (C=N–C) groups is 1. The van der Waals surface area contributed by atoms with Crippen LogP contribution in [-0.4, -0.2) is 46.6 Å². The number of nitrogens with one attached hydrogen (secondary N) is 2. The standard InChI is InChI=1S/C14H21F2N3O3S.HI/c1-10-4-5-12(22-13(15)16)11(8-10)9-19-14(17-2)18-6-7-23(3,20)21;/h4-5,8,13H,6-7,9H2,1-3H3,(H2,17,18,19);1H. The monoisotopic (exact) mass is 477 g/mol. The van der Waals surface area contributed by atoms with E-state index in [0.29, 0.717) is 11.5 Å². The van der Waals surface area contributed by atoms with Gasteiger partial charge in [-0.15, -0.1) is 24.0 Å². The molecule has 0 heterocycles. The van der Waals surface area contributed by atoms with Gasteiger partial charge in [-0.1, -0.05) is 17.7 Å². The number of rotatable bonds is 7. The summed E-state index contributed by atoms with van der Waals surface area (Å²) in [4.78, 5) is 3.95. The van der Waals surface area contributed by atoms with Gasteiger partial charge in [-0.2, -0.15) is 8.78 Å². The van der Waals surface area contributed by atoms with Crippen LogP contribution in [0, 0.1) is 6.92 Å². The first-order valence-electron chi connectivity index (χ1n) is 6.88. The Labute approximate surface area is 158 Å². The molecule has 0 aromatic heterocycles. The number of ether oxygens (including phenoxy) is 1. The molecule has 0 atom stereocenters. The molecule has 0 aliphatic heterocycles. The number of hydrogen-bond donors (Lipinski definition) is 2. The largest absolute Gasteiger partial charge is 0.434 e. The summed E-state index contributed by atoms with van der Waals surface area (Å²) in [5.74, 6) is 0.431. The molecule has 24 heavy (non-hydrogen) atoms. The summed E-state index contributed by atoms with van der Waals surface area (Å²) in [5.41, 5.74) is 1.46. The number of halogens is 3. The van der Waals surface area contributed by atoms with Gasteiger partial charge in [-0.25, -0.2) is 8.42 Å². The number of guanidine groups is 1. The minimum absolute atomic E-state index is 0. The highest BCUT2D eigenvalue weighted by Crippen LogP contribution is 2.21. The predicted molar refractivity (Wildman–Crippen MR) is 101 cm³/mol. The SMILES string of the molecule is CN=C(NCCS(C)(=O)=O)NCc1cc(C)ccc1OC(F)F.I. The summed E-state index contributed by atoms with van der Waals surface area (Å²) in [5, 5.41) is 5.77. The van der Waals surface area contributed by atoms with Gasteiger partial charge in [0.15, 0.2) is 5.96 Å². The van der Waals surface area contributed by atoms with Gasteiger partial charge >= 0.3 is 6.61 Å². The minimum atomic E-state index is -3.07. The molecule has 0 spiro atoms. The summed E-state index contributed by atoms with van der Waals surface area (Å²) < 4.78 is 51.5. The van der Waals surface area contributed by atoms with Crippen molar-refractivity contribution in [3.05, 3.63) is 29.3 Å². The summed E-state index contributed by atoms with van der Waals surface area (Å²) in [6, 6.07) is 4.90. The molecule has 2 N–H and O–H groups in total.